The van der Waals surface area contributed by atoms with Crippen molar-refractivity contribution in [1.29, 1.82) is 0 Å². The highest BCUT2D eigenvalue weighted by Gasteiger charge is 2.29. The van der Waals surface area contributed by atoms with Crippen molar-refractivity contribution in [2.75, 3.05) is 20.3 Å². The Bertz CT molecular complexity index is 1240. The maximum Gasteiger partial charge on any atom is 0.258 e. The van der Waals surface area contributed by atoms with Crippen LogP contribution >= 0.6 is 0 Å². The van der Waals surface area contributed by atoms with Crippen LogP contribution < -0.4 is 5.56 Å². The second-order valence-electron chi connectivity index (χ2n) is 9.02. The van der Waals surface area contributed by atoms with Crippen LogP contribution in [0.15, 0.2) is 41.2 Å². The molecule has 0 bridgehead atoms. The fourth-order valence-corrected chi connectivity index (χ4v) is 4.72. The van der Waals surface area contributed by atoms with Crippen LogP contribution in [0.5, 0.6) is 0 Å². The van der Waals surface area contributed by atoms with Crippen molar-refractivity contribution < 1.29 is 9.53 Å². The first-order chi connectivity index (χ1) is 15.5. The first-order valence-corrected chi connectivity index (χ1v) is 11.4. The average molecular weight is 432 g/mol. The molecule has 1 amide bonds. The van der Waals surface area contributed by atoms with Crippen LogP contribution in [-0.2, 0) is 29.0 Å². The summed E-state index contributed by atoms with van der Waals surface area (Å²) < 4.78 is 7.09. The number of fused-ring (bicyclic) bond motifs is 2. The highest BCUT2D eigenvalue weighted by molar-refractivity contribution is 5.94. The first kappa shape index (κ1) is 20.9. The molecular weight excluding hydrogens is 402 g/mol. The van der Waals surface area contributed by atoms with E-state index in [1.807, 2.05) is 46.7 Å². The first-order valence-electron chi connectivity index (χ1n) is 11.4. The highest BCUT2D eigenvalue weighted by Crippen LogP contribution is 2.33. The number of methoxy groups -OCH3 is 1. The predicted molar refractivity (Wildman–Crippen MR) is 125 cm³/mol. The molecule has 0 unspecified atom stereocenters. The van der Waals surface area contributed by atoms with Gasteiger partial charge in [-0.05, 0) is 55.0 Å². The molecule has 1 aliphatic carbocycles. The second kappa shape index (κ2) is 8.51. The van der Waals surface area contributed by atoms with E-state index in [0.29, 0.717) is 44.0 Å². The summed E-state index contributed by atoms with van der Waals surface area (Å²) in [6, 6.07) is 12.0. The third-order valence-electron chi connectivity index (χ3n) is 6.64. The van der Waals surface area contributed by atoms with E-state index in [2.05, 4.69) is 11.1 Å². The summed E-state index contributed by atoms with van der Waals surface area (Å²) in [5.41, 5.74) is 5.70. The Morgan fingerprint density at radius 3 is 2.81 bits per heavy atom. The fraction of sp³-hybridized carbons (Fsp3) is 0.423. The summed E-state index contributed by atoms with van der Waals surface area (Å²) in [6.07, 6.45) is 3.47. The lowest BCUT2D eigenvalue weighted by molar-refractivity contribution is -0.133. The van der Waals surface area contributed by atoms with Gasteiger partial charge in [-0.25, -0.2) is 0 Å². The summed E-state index contributed by atoms with van der Waals surface area (Å²) in [6.45, 7) is 4.36. The Morgan fingerprint density at radius 1 is 1.19 bits per heavy atom. The maximum atomic E-state index is 13.7. The third-order valence-corrected chi connectivity index (χ3v) is 6.64. The van der Waals surface area contributed by atoms with E-state index in [4.69, 9.17) is 4.74 Å². The number of amides is 1. The van der Waals surface area contributed by atoms with Gasteiger partial charge in [0.1, 0.15) is 0 Å². The lowest BCUT2D eigenvalue weighted by Gasteiger charge is -2.31. The van der Waals surface area contributed by atoms with Crippen molar-refractivity contribution in [1.82, 2.24) is 14.5 Å². The molecule has 0 atom stereocenters. The monoisotopic (exact) mass is 431 g/mol. The minimum absolute atomic E-state index is 0.0721. The lowest BCUT2D eigenvalue weighted by atomic mass is 9.96. The molecule has 0 saturated heterocycles. The molecule has 2 aliphatic rings. The van der Waals surface area contributed by atoms with Crippen LogP contribution in [0.1, 0.15) is 36.2 Å². The summed E-state index contributed by atoms with van der Waals surface area (Å²) in [5.74, 6) is 0.689. The Morgan fingerprint density at radius 2 is 2.03 bits per heavy atom. The summed E-state index contributed by atoms with van der Waals surface area (Å²) >= 11 is 0. The molecule has 5 rings (SSSR count). The Labute approximate surface area is 187 Å². The van der Waals surface area contributed by atoms with Crippen molar-refractivity contribution in [3.8, 4) is 11.1 Å². The molecule has 1 saturated carbocycles. The van der Waals surface area contributed by atoms with E-state index in [-0.39, 0.29) is 11.5 Å². The van der Waals surface area contributed by atoms with Crippen molar-refractivity contribution >= 4 is 16.8 Å². The van der Waals surface area contributed by atoms with Gasteiger partial charge < -0.3 is 14.2 Å². The molecule has 6 nitrogen and oxygen atoms in total. The van der Waals surface area contributed by atoms with Gasteiger partial charge in [0.25, 0.3) is 5.56 Å². The van der Waals surface area contributed by atoms with Gasteiger partial charge >= 0.3 is 0 Å². The van der Waals surface area contributed by atoms with Crippen LogP contribution in [0.2, 0.25) is 0 Å². The van der Waals surface area contributed by atoms with Crippen LogP contribution in [0.4, 0.5) is 0 Å². The molecule has 2 aromatic heterocycles. The van der Waals surface area contributed by atoms with E-state index in [1.165, 1.54) is 12.8 Å². The van der Waals surface area contributed by atoms with E-state index in [1.54, 1.807) is 7.11 Å². The molecule has 32 heavy (non-hydrogen) atoms. The zero-order chi connectivity index (χ0) is 22.2. The topological polar surface area (TPSA) is 64.4 Å². The van der Waals surface area contributed by atoms with Gasteiger partial charge in [0, 0.05) is 55.5 Å². The number of ether oxygens (including phenoxy) is 1. The number of carbonyl (C=O) groups is 1. The van der Waals surface area contributed by atoms with Crippen molar-refractivity contribution in [2.24, 2.45) is 5.92 Å². The number of carbonyl (C=O) groups excluding carboxylic acids is 1. The van der Waals surface area contributed by atoms with Gasteiger partial charge in [-0.2, -0.15) is 0 Å². The van der Waals surface area contributed by atoms with Gasteiger partial charge in [0.2, 0.25) is 5.91 Å². The summed E-state index contributed by atoms with van der Waals surface area (Å²) in [4.78, 5) is 32.9. The van der Waals surface area contributed by atoms with E-state index in [0.717, 1.165) is 40.0 Å². The zero-order valence-corrected chi connectivity index (χ0v) is 18.8. The van der Waals surface area contributed by atoms with Crippen LogP contribution in [0.3, 0.4) is 0 Å². The molecule has 1 aromatic carbocycles. The molecule has 166 valence electrons. The van der Waals surface area contributed by atoms with Crippen molar-refractivity contribution in [2.45, 2.75) is 45.7 Å². The minimum Gasteiger partial charge on any atom is -0.384 e. The van der Waals surface area contributed by atoms with Gasteiger partial charge in [-0.1, -0.05) is 18.2 Å². The second-order valence-corrected chi connectivity index (χ2v) is 9.02. The Kier molecular flexibility index (Phi) is 5.55. The van der Waals surface area contributed by atoms with E-state index < -0.39 is 0 Å². The van der Waals surface area contributed by atoms with Crippen LogP contribution in [-0.4, -0.2) is 40.6 Å². The van der Waals surface area contributed by atoms with E-state index in [9.17, 15) is 9.59 Å². The number of aromatic nitrogens is 2. The SMILES string of the molecule is COCCC(=O)N1CCc2c(cc(-c3cccc4nc(C)ccc34)c(=O)n2CC2CC2)C1. The number of hydrogen-bond acceptors (Lipinski definition) is 4. The summed E-state index contributed by atoms with van der Waals surface area (Å²) in [5, 5.41) is 0.983. The molecule has 0 radical (unpaired) electrons. The highest BCUT2D eigenvalue weighted by atomic mass is 16.5. The maximum absolute atomic E-state index is 13.7. The Balaban J connectivity index is 1.62. The van der Waals surface area contributed by atoms with Crippen molar-refractivity contribution in [3.63, 3.8) is 0 Å². The average Bonchev–Trinajstić information content (AvgIpc) is 3.62. The number of aryl methyl sites for hydroxylation is 1. The molecule has 1 fully saturated rings. The molecular formula is C26H29N3O3. The molecule has 3 aromatic rings. The fourth-order valence-electron chi connectivity index (χ4n) is 4.72. The zero-order valence-electron chi connectivity index (χ0n) is 18.8. The minimum atomic E-state index is 0.0721. The van der Waals surface area contributed by atoms with Crippen molar-refractivity contribution in [3.05, 3.63) is 63.7 Å². The Hall–Kier alpha value is -2.99. The lowest BCUT2D eigenvalue weighted by Crippen LogP contribution is -2.40. The van der Waals surface area contributed by atoms with Gasteiger partial charge in [0.15, 0.2) is 0 Å². The smallest absolute Gasteiger partial charge is 0.258 e. The van der Waals surface area contributed by atoms with E-state index >= 15 is 0 Å². The number of pyridine rings is 2. The predicted octanol–water partition coefficient (Wildman–Crippen LogP) is 3.70. The van der Waals surface area contributed by atoms with Gasteiger partial charge in [-0.15, -0.1) is 0 Å². The molecule has 1 aliphatic heterocycles. The molecule has 3 heterocycles. The summed E-state index contributed by atoms with van der Waals surface area (Å²) in [7, 11) is 1.61. The number of rotatable bonds is 6. The molecule has 6 heteroatoms. The standard InChI is InChI=1S/C26H29N3O3/c1-17-6-9-21-20(4-3-5-23(21)27-17)22-14-19-16-28(25(30)11-13-32-2)12-10-24(19)29(26(22)31)15-18-7-8-18/h3-6,9,14,18H,7-8,10-13,15-16H2,1-2H3. The van der Waals surface area contributed by atoms with Crippen LogP contribution in [0.25, 0.3) is 22.0 Å². The van der Waals surface area contributed by atoms with Crippen LogP contribution in [0, 0.1) is 12.8 Å². The molecule has 0 N–H and O–H groups in total. The molecule has 0 spiro atoms. The number of nitrogens with zero attached hydrogens (tertiary/aromatic N) is 3. The quantitative estimate of drug-likeness (QED) is 0.597. The largest absolute Gasteiger partial charge is 0.384 e. The number of hydrogen-bond donors (Lipinski definition) is 0. The van der Waals surface area contributed by atoms with Gasteiger partial charge in [-0.3, -0.25) is 14.6 Å². The number of benzene rings is 1. The van der Waals surface area contributed by atoms with Gasteiger partial charge in [0.05, 0.1) is 18.5 Å². The normalized spacial score (nSPS) is 15.8. The third kappa shape index (κ3) is 3.95.